The number of aromatic nitrogens is 2. The van der Waals surface area contributed by atoms with Crippen LogP contribution in [0.1, 0.15) is 36.5 Å². The molecule has 1 aliphatic heterocycles. The van der Waals surface area contributed by atoms with Crippen molar-refractivity contribution in [3.05, 3.63) is 46.7 Å². The Hall–Kier alpha value is -2.34. The number of carbonyl (C=O) groups is 2. The van der Waals surface area contributed by atoms with Gasteiger partial charge in [0.05, 0.1) is 5.69 Å². The Bertz CT molecular complexity index is 833. The van der Waals surface area contributed by atoms with Crippen LogP contribution in [-0.2, 0) is 18.3 Å². The van der Waals surface area contributed by atoms with Gasteiger partial charge in [-0.05, 0) is 37.6 Å². The molecular weight excluding hydrogens is 352 g/mol. The van der Waals surface area contributed by atoms with Gasteiger partial charge in [-0.25, -0.2) is 0 Å². The van der Waals surface area contributed by atoms with Gasteiger partial charge in [-0.15, -0.1) is 0 Å². The van der Waals surface area contributed by atoms with Crippen LogP contribution in [0.3, 0.4) is 0 Å². The van der Waals surface area contributed by atoms with E-state index >= 15 is 0 Å². The number of halogens is 1. The van der Waals surface area contributed by atoms with E-state index in [4.69, 9.17) is 11.6 Å². The Labute approximate surface area is 158 Å². The minimum Gasteiger partial charge on any atom is -0.323 e. The standard InChI is InChI=1S/C19H23ClN4O2/c1-4-6-15-10-17(22(3)21-15)19(26)23-12-18(25)24(11-13(23)2)16-8-5-7-14(20)9-16/h5,7-10,13H,4,6,11-12H2,1-3H3/t13-/m0/s1. The summed E-state index contributed by atoms with van der Waals surface area (Å²) < 4.78 is 1.61. The maximum Gasteiger partial charge on any atom is 0.272 e. The lowest BCUT2D eigenvalue weighted by Crippen LogP contribution is -2.57. The summed E-state index contributed by atoms with van der Waals surface area (Å²) in [6.07, 6.45) is 1.80. The van der Waals surface area contributed by atoms with E-state index in [0.717, 1.165) is 24.2 Å². The smallest absolute Gasteiger partial charge is 0.272 e. The molecule has 0 unspecified atom stereocenters. The minimum absolute atomic E-state index is 0.0425. The van der Waals surface area contributed by atoms with E-state index in [1.54, 1.807) is 33.7 Å². The van der Waals surface area contributed by atoms with E-state index in [0.29, 0.717) is 17.3 Å². The zero-order chi connectivity index (χ0) is 18.8. The average Bonchev–Trinajstić information content (AvgIpc) is 2.96. The van der Waals surface area contributed by atoms with Crippen molar-refractivity contribution in [3.8, 4) is 0 Å². The highest BCUT2D eigenvalue weighted by atomic mass is 35.5. The van der Waals surface area contributed by atoms with E-state index in [1.165, 1.54) is 0 Å². The number of piperazine rings is 1. The second-order valence-electron chi connectivity index (χ2n) is 6.66. The van der Waals surface area contributed by atoms with Gasteiger partial charge in [0.1, 0.15) is 12.2 Å². The molecule has 0 N–H and O–H groups in total. The number of aryl methyl sites for hydroxylation is 2. The monoisotopic (exact) mass is 374 g/mol. The average molecular weight is 375 g/mol. The highest BCUT2D eigenvalue weighted by molar-refractivity contribution is 6.30. The first-order valence-corrected chi connectivity index (χ1v) is 9.18. The van der Waals surface area contributed by atoms with Crippen LogP contribution >= 0.6 is 11.6 Å². The summed E-state index contributed by atoms with van der Waals surface area (Å²) in [5.41, 5.74) is 2.17. The van der Waals surface area contributed by atoms with Crippen LogP contribution in [0.5, 0.6) is 0 Å². The molecule has 1 atom stereocenters. The maximum absolute atomic E-state index is 13.0. The van der Waals surface area contributed by atoms with Crippen molar-refractivity contribution in [2.45, 2.75) is 32.7 Å². The first-order valence-electron chi connectivity index (χ1n) is 8.80. The molecule has 0 radical (unpaired) electrons. The zero-order valence-electron chi connectivity index (χ0n) is 15.3. The number of rotatable bonds is 4. The molecule has 0 aliphatic carbocycles. The molecule has 0 saturated carbocycles. The van der Waals surface area contributed by atoms with Crippen LogP contribution < -0.4 is 4.90 Å². The van der Waals surface area contributed by atoms with Gasteiger partial charge in [0, 0.05) is 30.3 Å². The van der Waals surface area contributed by atoms with Gasteiger partial charge in [-0.3, -0.25) is 14.3 Å². The van der Waals surface area contributed by atoms with Crippen molar-refractivity contribution >= 4 is 29.1 Å². The molecule has 1 saturated heterocycles. The number of amides is 2. The third-order valence-corrected chi connectivity index (χ3v) is 4.86. The fraction of sp³-hybridized carbons (Fsp3) is 0.421. The molecule has 138 valence electrons. The molecule has 0 bridgehead atoms. The largest absolute Gasteiger partial charge is 0.323 e. The number of nitrogens with zero attached hydrogens (tertiary/aromatic N) is 4. The summed E-state index contributed by atoms with van der Waals surface area (Å²) in [4.78, 5) is 28.9. The lowest BCUT2D eigenvalue weighted by atomic mass is 10.1. The quantitative estimate of drug-likeness (QED) is 0.826. The van der Waals surface area contributed by atoms with Gasteiger partial charge >= 0.3 is 0 Å². The molecule has 2 aromatic rings. The Kier molecular flexibility index (Phi) is 5.32. The fourth-order valence-corrected chi connectivity index (χ4v) is 3.45. The summed E-state index contributed by atoms with van der Waals surface area (Å²) in [6, 6.07) is 8.93. The van der Waals surface area contributed by atoms with Gasteiger partial charge in [0.2, 0.25) is 5.91 Å². The van der Waals surface area contributed by atoms with Crippen LogP contribution in [-0.4, -0.2) is 45.6 Å². The van der Waals surface area contributed by atoms with Crippen LogP contribution in [0.25, 0.3) is 0 Å². The fourth-order valence-electron chi connectivity index (χ4n) is 3.27. The first-order chi connectivity index (χ1) is 12.4. The van der Waals surface area contributed by atoms with Gasteiger partial charge in [0.25, 0.3) is 5.91 Å². The van der Waals surface area contributed by atoms with Gasteiger partial charge in [0.15, 0.2) is 0 Å². The summed E-state index contributed by atoms with van der Waals surface area (Å²) in [7, 11) is 1.76. The summed E-state index contributed by atoms with van der Waals surface area (Å²) in [5.74, 6) is -0.274. The Morgan fingerprint density at radius 1 is 1.35 bits per heavy atom. The van der Waals surface area contributed by atoms with Crippen molar-refractivity contribution in [2.75, 3.05) is 18.0 Å². The molecule has 2 amide bonds. The molecule has 3 rings (SSSR count). The Morgan fingerprint density at radius 3 is 2.81 bits per heavy atom. The van der Waals surface area contributed by atoms with Crippen molar-refractivity contribution in [2.24, 2.45) is 7.05 Å². The second-order valence-corrected chi connectivity index (χ2v) is 7.10. The maximum atomic E-state index is 13.0. The van der Waals surface area contributed by atoms with Crippen LogP contribution in [0.15, 0.2) is 30.3 Å². The van der Waals surface area contributed by atoms with Crippen molar-refractivity contribution in [3.63, 3.8) is 0 Å². The predicted octanol–water partition coefficient (Wildman–Crippen LogP) is 2.90. The third-order valence-electron chi connectivity index (χ3n) is 4.62. The van der Waals surface area contributed by atoms with E-state index in [2.05, 4.69) is 12.0 Å². The molecule has 1 aromatic carbocycles. The highest BCUT2D eigenvalue weighted by Gasteiger charge is 2.34. The number of benzene rings is 1. The molecule has 1 fully saturated rings. The van der Waals surface area contributed by atoms with Crippen LogP contribution in [0, 0.1) is 0 Å². The molecule has 2 heterocycles. The van der Waals surface area contributed by atoms with Crippen molar-refractivity contribution in [1.82, 2.24) is 14.7 Å². The second kappa shape index (κ2) is 7.50. The third kappa shape index (κ3) is 3.60. The van der Waals surface area contributed by atoms with Crippen LogP contribution in [0.2, 0.25) is 5.02 Å². The number of hydrogen-bond acceptors (Lipinski definition) is 3. The van der Waals surface area contributed by atoms with E-state index in [-0.39, 0.29) is 24.4 Å². The SMILES string of the molecule is CCCc1cc(C(=O)N2CC(=O)N(c3cccc(Cl)c3)C[C@@H]2C)n(C)n1. The van der Waals surface area contributed by atoms with Gasteiger partial charge in [-0.1, -0.05) is 31.0 Å². The lowest BCUT2D eigenvalue weighted by Gasteiger charge is -2.39. The van der Waals surface area contributed by atoms with Gasteiger partial charge < -0.3 is 9.80 Å². The summed E-state index contributed by atoms with van der Waals surface area (Å²) in [5, 5.41) is 4.97. The minimum atomic E-state index is -0.158. The van der Waals surface area contributed by atoms with E-state index < -0.39 is 0 Å². The molecule has 6 nitrogen and oxygen atoms in total. The summed E-state index contributed by atoms with van der Waals surface area (Å²) in [6.45, 7) is 4.50. The molecule has 0 spiro atoms. The highest BCUT2D eigenvalue weighted by Crippen LogP contribution is 2.24. The first kappa shape index (κ1) is 18.5. The number of carbonyl (C=O) groups excluding carboxylic acids is 2. The Balaban J connectivity index is 1.79. The predicted molar refractivity (Wildman–Crippen MR) is 102 cm³/mol. The number of hydrogen-bond donors (Lipinski definition) is 0. The topological polar surface area (TPSA) is 58.4 Å². The lowest BCUT2D eigenvalue weighted by molar-refractivity contribution is -0.121. The normalized spacial score (nSPS) is 17.7. The number of anilines is 1. The molecule has 1 aliphatic rings. The van der Waals surface area contributed by atoms with Crippen molar-refractivity contribution < 1.29 is 9.59 Å². The van der Waals surface area contributed by atoms with Gasteiger partial charge in [-0.2, -0.15) is 5.10 Å². The Morgan fingerprint density at radius 2 is 2.12 bits per heavy atom. The van der Waals surface area contributed by atoms with Crippen LogP contribution in [0.4, 0.5) is 5.69 Å². The van der Waals surface area contributed by atoms with Crippen molar-refractivity contribution in [1.29, 1.82) is 0 Å². The molecular formula is C19H23ClN4O2. The van der Waals surface area contributed by atoms with E-state index in [1.807, 2.05) is 25.1 Å². The molecule has 1 aromatic heterocycles. The molecule has 26 heavy (non-hydrogen) atoms. The van der Waals surface area contributed by atoms with E-state index in [9.17, 15) is 9.59 Å². The zero-order valence-corrected chi connectivity index (χ0v) is 16.0. The summed E-state index contributed by atoms with van der Waals surface area (Å²) >= 11 is 6.04. The molecule has 7 heteroatoms.